The smallest absolute Gasteiger partial charge is 0.251 e. The number of benzene rings is 1. The lowest BCUT2D eigenvalue weighted by atomic mass is 10.2. The van der Waals surface area contributed by atoms with E-state index < -0.39 is 0 Å². The first-order valence-electron chi connectivity index (χ1n) is 8.96. The maximum atomic E-state index is 12.2. The van der Waals surface area contributed by atoms with Crippen LogP contribution in [0.25, 0.3) is 10.7 Å². The fraction of sp³-hybridized carbons (Fsp3) is 0.211. The molecule has 11 heteroatoms. The molecule has 0 aliphatic heterocycles. The van der Waals surface area contributed by atoms with Gasteiger partial charge in [-0.05, 0) is 43.4 Å². The van der Waals surface area contributed by atoms with Gasteiger partial charge in [-0.25, -0.2) is 4.98 Å². The van der Waals surface area contributed by atoms with Crippen molar-refractivity contribution in [2.24, 2.45) is 0 Å². The van der Waals surface area contributed by atoms with Gasteiger partial charge < -0.3 is 10.6 Å². The zero-order valence-electron chi connectivity index (χ0n) is 16.1. The van der Waals surface area contributed by atoms with E-state index in [1.807, 2.05) is 6.92 Å². The topological polar surface area (TPSA) is 105 Å². The summed E-state index contributed by atoms with van der Waals surface area (Å²) in [5, 5.41) is 13.5. The van der Waals surface area contributed by atoms with Crippen molar-refractivity contribution in [1.82, 2.24) is 25.1 Å². The van der Waals surface area contributed by atoms with Gasteiger partial charge in [0.05, 0.1) is 10.6 Å². The third-order valence-corrected chi connectivity index (χ3v) is 5.69. The molecule has 0 spiro atoms. The van der Waals surface area contributed by atoms with E-state index in [1.54, 1.807) is 34.9 Å². The van der Waals surface area contributed by atoms with Crippen LogP contribution in [-0.4, -0.2) is 38.1 Å². The van der Waals surface area contributed by atoms with Crippen molar-refractivity contribution in [2.75, 3.05) is 11.9 Å². The van der Waals surface area contributed by atoms with E-state index in [2.05, 4.69) is 32.4 Å². The van der Waals surface area contributed by atoms with Crippen LogP contribution in [0.1, 0.15) is 22.5 Å². The summed E-state index contributed by atoms with van der Waals surface area (Å²) < 4.78 is 2.29. The van der Waals surface area contributed by atoms with Crippen molar-refractivity contribution in [3.63, 3.8) is 0 Å². The molecule has 156 valence electrons. The Labute approximate surface area is 187 Å². The number of nitrogens with zero attached hydrogens (tertiary/aromatic N) is 3. The summed E-state index contributed by atoms with van der Waals surface area (Å²) in [6, 6.07) is 6.52. The van der Waals surface area contributed by atoms with Crippen LogP contribution in [0.3, 0.4) is 0 Å². The predicted molar refractivity (Wildman–Crippen MR) is 120 cm³/mol. The average Bonchev–Trinajstić information content (AvgIpc) is 3.24. The molecular weight excluding hydrogens is 444 g/mol. The molecule has 0 radical (unpaired) electrons. The van der Waals surface area contributed by atoms with Gasteiger partial charge in [-0.2, -0.15) is 5.10 Å². The number of H-pyrrole nitrogens is 1. The fourth-order valence-corrected chi connectivity index (χ4v) is 3.94. The van der Waals surface area contributed by atoms with E-state index in [1.165, 1.54) is 11.3 Å². The van der Waals surface area contributed by atoms with Crippen LogP contribution >= 0.6 is 35.2 Å². The Hall–Kier alpha value is -2.82. The molecule has 0 unspecified atom stereocenters. The second-order valence-electron chi connectivity index (χ2n) is 6.25. The third-order valence-electron chi connectivity index (χ3n) is 4.06. The van der Waals surface area contributed by atoms with Crippen LogP contribution in [0, 0.1) is 11.7 Å². The number of nitrogens with one attached hydrogen (secondary N) is 3. The molecule has 3 N–H and O–H groups in total. The Morgan fingerprint density at radius 3 is 2.80 bits per heavy atom. The monoisotopic (exact) mass is 462 g/mol. The molecule has 3 rings (SSSR count). The van der Waals surface area contributed by atoms with Crippen LogP contribution in [0.2, 0.25) is 5.02 Å². The molecule has 2 amide bonds. The molecule has 8 nitrogen and oxygen atoms in total. The molecule has 0 aliphatic rings. The van der Waals surface area contributed by atoms with E-state index in [0.29, 0.717) is 32.9 Å². The number of aryl methyl sites for hydroxylation is 1. The summed E-state index contributed by atoms with van der Waals surface area (Å²) in [4.78, 5) is 29.5. The number of halogens is 1. The average molecular weight is 463 g/mol. The standard InChI is InChI=1S/C19H19ClN6O2S2/c1-3-10-26-16(24-25-19(26)29)15-11(2)22-18(30-15)23-14(27)8-9-21-17(28)12-4-6-13(20)7-5-12/h3-7H,1,8-10H2,2H3,(H,21,28)(H,25,29)(H,22,23,27). The zero-order valence-corrected chi connectivity index (χ0v) is 18.5. The molecule has 2 aromatic heterocycles. The second kappa shape index (κ2) is 9.79. The predicted octanol–water partition coefficient (Wildman–Crippen LogP) is 3.97. The number of rotatable bonds is 8. The molecule has 0 fully saturated rings. The zero-order chi connectivity index (χ0) is 21.7. The Morgan fingerprint density at radius 2 is 2.10 bits per heavy atom. The number of hydrogen-bond acceptors (Lipinski definition) is 6. The largest absolute Gasteiger partial charge is 0.352 e. The number of aromatic amines is 1. The molecule has 2 heterocycles. The van der Waals surface area contributed by atoms with Gasteiger partial charge in [0.15, 0.2) is 15.7 Å². The van der Waals surface area contributed by atoms with Crippen LogP contribution < -0.4 is 10.6 Å². The number of hydrogen-bond donors (Lipinski definition) is 3. The van der Waals surface area contributed by atoms with Crippen LogP contribution in [0.15, 0.2) is 36.9 Å². The maximum Gasteiger partial charge on any atom is 0.251 e. The van der Waals surface area contributed by atoms with Crippen LogP contribution in [0.4, 0.5) is 5.13 Å². The normalized spacial score (nSPS) is 10.6. The summed E-state index contributed by atoms with van der Waals surface area (Å²) in [7, 11) is 0. The Morgan fingerprint density at radius 1 is 1.37 bits per heavy atom. The summed E-state index contributed by atoms with van der Waals surface area (Å²) in [6.45, 7) is 6.27. The van der Waals surface area contributed by atoms with Gasteiger partial charge in [-0.15, -0.1) is 6.58 Å². The van der Waals surface area contributed by atoms with Gasteiger partial charge in [0.25, 0.3) is 5.91 Å². The maximum absolute atomic E-state index is 12.2. The van der Waals surface area contributed by atoms with Gasteiger partial charge in [0.1, 0.15) is 0 Å². The van der Waals surface area contributed by atoms with E-state index in [4.69, 9.17) is 23.8 Å². The molecule has 0 saturated heterocycles. The first-order chi connectivity index (χ1) is 14.4. The van der Waals surface area contributed by atoms with Crippen molar-refractivity contribution in [3.8, 4) is 10.7 Å². The van der Waals surface area contributed by atoms with Crippen LogP contribution in [-0.2, 0) is 11.3 Å². The number of allylic oxidation sites excluding steroid dienone is 1. The lowest BCUT2D eigenvalue weighted by Crippen LogP contribution is -2.27. The first kappa shape index (κ1) is 21.9. The van der Waals surface area contributed by atoms with E-state index in [0.717, 1.165) is 10.6 Å². The number of aromatic nitrogens is 4. The number of anilines is 1. The summed E-state index contributed by atoms with van der Waals surface area (Å²) >= 11 is 12.4. The van der Waals surface area contributed by atoms with Gasteiger partial charge in [0, 0.05) is 30.1 Å². The van der Waals surface area contributed by atoms with Crippen molar-refractivity contribution < 1.29 is 9.59 Å². The number of carbonyl (C=O) groups excluding carboxylic acids is 2. The molecular formula is C19H19ClN6O2S2. The van der Waals surface area contributed by atoms with Gasteiger partial charge in [-0.3, -0.25) is 19.3 Å². The highest BCUT2D eigenvalue weighted by Crippen LogP contribution is 2.31. The van der Waals surface area contributed by atoms with Gasteiger partial charge in [-0.1, -0.05) is 29.0 Å². The Kier molecular flexibility index (Phi) is 7.14. The minimum Gasteiger partial charge on any atom is -0.352 e. The molecule has 1 aromatic carbocycles. The lowest BCUT2D eigenvalue weighted by Gasteiger charge is -2.05. The van der Waals surface area contributed by atoms with Crippen molar-refractivity contribution in [1.29, 1.82) is 0 Å². The molecule has 0 aliphatic carbocycles. The Bertz CT molecular complexity index is 1130. The number of carbonyl (C=O) groups is 2. The van der Waals surface area contributed by atoms with Crippen molar-refractivity contribution in [2.45, 2.75) is 19.9 Å². The van der Waals surface area contributed by atoms with Crippen molar-refractivity contribution >= 4 is 52.1 Å². The molecule has 30 heavy (non-hydrogen) atoms. The van der Waals surface area contributed by atoms with Gasteiger partial charge >= 0.3 is 0 Å². The SMILES string of the molecule is C=CCn1c(-c2sc(NC(=O)CCNC(=O)c3ccc(Cl)cc3)nc2C)n[nH]c1=S. The lowest BCUT2D eigenvalue weighted by molar-refractivity contribution is -0.116. The number of amides is 2. The summed E-state index contributed by atoms with van der Waals surface area (Å²) in [5.41, 5.74) is 1.21. The highest BCUT2D eigenvalue weighted by molar-refractivity contribution is 7.71. The molecule has 3 aromatic rings. The summed E-state index contributed by atoms with van der Waals surface area (Å²) in [5.74, 6) is 0.124. The minimum atomic E-state index is -0.267. The highest BCUT2D eigenvalue weighted by Gasteiger charge is 2.17. The fourth-order valence-electron chi connectivity index (χ4n) is 2.62. The second-order valence-corrected chi connectivity index (χ2v) is 8.07. The highest BCUT2D eigenvalue weighted by atomic mass is 35.5. The quantitative estimate of drug-likeness (QED) is 0.347. The van der Waals surface area contributed by atoms with Gasteiger partial charge in [0.2, 0.25) is 5.91 Å². The number of thiazole rings is 1. The molecule has 0 saturated carbocycles. The van der Waals surface area contributed by atoms with Crippen LogP contribution in [0.5, 0.6) is 0 Å². The van der Waals surface area contributed by atoms with E-state index in [-0.39, 0.29) is 24.8 Å². The van der Waals surface area contributed by atoms with Crippen molar-refractivity contribution in [3.05, 3.63) is 58.0 Å². The molecule has 0 bridgehead atoms. The first-order valence-corrected chi connectivity index (χ1v) is 10.6. The van der Waals surface area contributed by atoms with E-state index >= 15 is 0 Å². The third kappa shape index (κ3) is 5.21. The summed E-state index contributed by atoms with van der Waals surface area (Å²) in [6.07, 6.45) is 1.84. The molecule has 0 atom stereocenters. The minimum absolute atomic E-state index is 0.114. The Balaban J connectivity index is 1.58. The van der Waals surface area contributed by atoms with E-state index in [9.17, 15) is 9.59 Å².